The molecule has 0 bridgehead atoms. The molecule has 0 N–H and O–H groups in total. The summed E-state index contributed by atoms with van der Waals surface area (Å²) in [5.41, 5.74) is 0. The molecule has 0 aromatic carbocycles. The average Bonchev–Trinajstić information content (AvgIpc) is 3.20. The van der Waals surface area contributed by atoms with Crippen LogP contribution in [0.3, 0.4) is 0 Å². The fraction of sp³-hybridized carbons (Fsp3) is 0.733. The molecule has 2 heterocycles. The lowest BCUT2D eigenvalue weighted by Gasteiger charge is -2.37. The number of unbranched alkanes of at least 4 members (excludes halogenated alkanes) is 4. The van der Waals surface area contributed by atoms with E-state index >= 15 is 0 Å². The number of carbonyl (C=O) groups excluding carboxylic acids is 2. The predicted molar refractivity (Wildman–Crippen MR) is 210 cm³/mol. The molecule has 294 valence electrons. The lowest BCUT2D eigenvalue weighted by atomic mass is 9.68. The van der Waals surface area contributed by atoms with Gasteiger partial charge in [0.2, 0.25) is 5.95 Å². The molecule has 53 heavy (non-hydrogen) atoms. The number of aromatic nitrogens is 2. The summed E-state index contributed by atoms with van der Waals surface area (Å²) in [5.74, 6) is 5.31. The van der Waals surface area contributed by atoms with Crippen molar-refractivity contribution in [1.82, 2.24) is 9.97 Å². The summed E-state index contributed by atoms with van der Waals surface area (Å²) in [5, 5.41) is 0.410. The smallest absolute Gasteiger partial charge is 0.314 e. The van der Waals surface area contributed by atoms with Crippen LogP contribution in [-0.4, -0.2) is 21.9 Å². The van der Waals surface area contributed by atoms with E-state index in [1.54, 1.807) is 12.1 Å². The zero-order valence-corrected chi connectivity index (χ0v) is 33.4. The van der Waals surface area contributed by atoms with Gasteiger partial charge in [-0.05, 0) is 137 Å². The molecule has 0 radical (unpaired) electrons. The number of pyridine rings is 2. The molecule has 6 rings (SSSR count). The number of ether oxygens (including phenoxy) is 2. The maximum Gasteiger partial charge on any atom is 0.314 e. The second-order valence-electron chi connectivity index (χ2n) is 16.9. The lowest BCUT2D eigenvalue weighted by molar-refractivity contribution is -0.141. The highest BCUT2D eigenvalue weighted by molar-refractivity contribution is 6.29. The van der Waals surface area contributed by atoms with Gasteiger partial charge in [0.15, 0.2) is 0 Å². The van der Waals surface area contributed by atoms with Gasteiger partial charge in [0.05, 0.1) is 24.2 Å². The van der Waals surface area contributed by atoms with Crippen molar-refractivity contribution in [3.8, 4) is 11.5 Å². The van der Waals surface area contributed by atoms with Gasteiger partial charge in [-0.15, -0.1) is 0 Å². The largest absolute Gasteiger partial charge is 0.425 e. The molecule has 6 nitrogen and oxygen atoms in total. The second-order valence-corrected chi connectivity index (χ2v) is 17.3. The number of hydrogen-bond acceptors (Lipinski definition) is 6. The number of carbonyl (C=O) groups is 2. The summed E-state index contributed by atoms with van der Waals surface area (Å²) < 4.78 is 23.7. The zero-order chi connectivity index (χ0) is 37.4. The van der Waals surface area contributed by atoms with Crippen LogP contribution in [0.1, 0.15) is 162 Å². The van der Waals surface area contributed by atoms with Gasteiger partial charge in [0.1, 0.15) is 16.7 Å². The first-order valence-corrected chi connectivity index (χ1v) is 21.8. The highest BCUT2D eigenvalue weighted by atomic mass is 35.5. The van der Waals surface area contributed by atoms with E-state index in [-0.39, 0.29) is 23.8 Å². The molecule has 0 atom stereocenters. The van der Waals surface area contributed by atoms with E-state index in [4.69, 9.17) is 21.1 Å². The van der Waals surface area contributed by atoms with Crippen LogP contribution in [0, 0.1) is 53.3 Å². The monoisotopic (exact) mass is 752 g/mol. The molecule has 4 aliphatic rings. The first kappa shape index (κ1) is 41.6. The summed E-state index contributed by atoms with van der Waals surface area (Å²) in [4.78, 5) is 32.2. The van der Waals surface area contributed by atoms with Gasteiger partial charge in [-0.2, -0.15) is 4.39 Å². The van der Waals surface area contributed by atoms with Crippen molar-refractivity contribution in [3.05, 3.63) is 47.8 Å². The minimum Gasteiger partial charge on any atom is -0.425 e. The molecule has 2 aromatic rings. The third-order valence-electron chi connectivity index (χ3n) is 13.5. The van der Waals surface area contributed by atoms with Gasteiger partial charge in [0.25, 0.3) is 0 Å². The first-order chi connectivity index (χ1) is 25.8. The summed E-state index contributed by atoms with van der Waals surface area (Å²) >= 11 is 5.75. The molecule has 4 aliphatic carbocycles. The van der Waals surface area contributed by atoms with Crippen molar-refractivity contribution < 1.29 is 23.5 Å². The number of rotatable bonds is 13. The molecule has 4 saturated carbocycles. The third-order valence-corrected chi connectivity index (χ3v) is 13.7. The average molecular weight is 753 g/mol. The van der Waals surface area contributed by atoms with Crippen molar-refractivity contribution in [2.75, 3.05) is 0 Å². The minimum absolute atomic E-state index is 0.0178. The van der Waals surface area contributed by atoms with Crippen LogP contribution < -0.4 is 9.47 Å². The molecule has 8 heteroatoms. The fourth-order valence-electron chi connectivity index (χ4n) is 9.95. The Morgan fingerprint density at radius 2 is 1.06 bits per heavy atom. The predicted octanol–water partition coefficient (Wildman–Crippen LogP) is 12.8. The van der Waals surface area contributed by atoms with Crippen LogP contribution in [-0.2, 0) is 9.59 Å². The minimum atomic E-state index is -0.559. The van der Waals surface area contributed by atoms with E-state index in [1.807, 2.05) is 0 Å². The van der Waals surface area contributed by atoms with Gasteiger partial charge in [-0.3, -0.25) is 9.59 Å². The van der Waals surface area contributed by atoms with E-state index in [0.717, 1.165) is 74.0 Å². The summed E-state index contributed by atoms with van der Waals surface area (Å²) in [6.45, 7) is 4.60. The molecule has 4 fully saturated rings. The summed E-state index contributed by atoms with van der Waals surface area (Å²) in [7, 11) is 0. The second kappa shape index (κ2) is 22.1. The molecule has 2 aromatic heterocycles. The van der Waals surface area contributed by atoms with Crippen molar-refractivity contribution >= 4 is 23.5 Å². The summed E-state index contributed by atoms with van der Waals surface area (Å²) in [6.07, 6.45) is 32.2. The molecule has 0 saturated heterocycles. The first-order valence-electron chi connectivity index (χ1n) is 21.5. The zero-order valence-electron chi connectivity index (χ0n) is 32.6. The van der Waals surface area contributed by atoms with Crippen molar-refractivity contribution in [2.24, 2.45) is 47.3 Å². The van der Waals surface area contributed by atoms with Crippen LogP contribution >= 0.6 is 11.6 Å². The quantitative estimate of drug-likeness (QED) is 0.115. The standard InChI is InChI=1S/C25H38FNO2.C20H28ClNO2/c1-2-3-4-5-6-7-19-8-10-20(11-9-19)21-12-14-22(15-13-21)25(28)29-23-16-17-24(26)27-18-23;1-2-14-3-5-15(6-4-14)16-7-9-17(10-8-16)20(23)24-18-11-12-19(21)22-13-18/h16-22H,2-15H2,1H3;11-17H,2-10H2,1H3. The normalized spacial score (nSPS) is 29.0. The number of nitrogens with zero attached hydrogens (tertiary/aromatic N) is 2. The van der Waals surface area contributed by atoms with Crippen molar-refractivity contribution in [1.29, 1.82) is 0 Å². The number of esters is 2. The fourth-order valence-corrected chi connectivity index (χ4v) is 10.1. The van der Waals surface area contributed by atoms with E-state index in [2.05, 4.69) is 23.8 Å². The molecule has 0 amide bonds. The Labute approximate surface area is 324 Å². The van der Waals surface area contributed by atoms with Gasteiger partial charge in [-0.1, -0.05) is 96.1 Å². The SMILES string of the molecule is CCC1CCC(C2CCC(C(=O)Oc3ccc(Cl)nc3)CC2)CC1.CCCCCCCC1CCC(C2CCC(C(=O)Oc3ccc(F)nc3)CC2)CC1. The van der Waals surface area contributed by atoms with Gasteiger partial charge in [0, 0.05) is 0 Å². The molecule has 0 aliphatic heterocycles. The topological polar surface area (TPSA) is 78.4 Å². The van der Waals surface area contributed by atoms with Crippen molar-refractivity contribution in [3.63, 3.8) is 0 Å². The number of hydrogen-bond donors (Lipinski definition) is 0. The molecule has 0 spiro atoms. The van der Waals surface area contributed by atoms with Crippen LogP contribution in [0.4, 0.5) is 4.39 Å². The third kappa shape index (κ3) is 13.6. The maximum atomic E-state index is 12.9. The van der Waals surface area contributed by atoms with Crippen LogP contribution in [0.15, 0.2) is 36.7 Å². The summed E-state index contributed by atoms with van der Waals surface area (Å²) in [6, 6.07) is 6.04. The Hall–Kier alpha value is -2.54. The van der Waals surface area contributed by atoms with Crippen molar-refractivity contribution in [2.45, 2.75) is 162 Å². The van der Waals surface area contributed by atoms with E-state index in [9.17, 15) is 14.0 Å². The molecule has 0 unspecified atom stereocenters. The van der Waals surface area contributed by atoms with E-state index < -0.39 is 5.95 Å². The molecular formula is C45H66ClFN2O4. The van der Waals surface area contributed by atoms with Crippen LogP contribution in [0.2, 0.25) is 5.15 Å². The van der Waals surface area contributed by atoms with Crippen LogP contribution in [0.25, 0.3) is 0 Å². The highest BCUT2D eigenvalue weighted by Crippen LogP contribution is 2.44. The van der Waals surface area contributed by atoms with Gasteiger partial charge in [-0.25, -0.2) is 9.97 Å². The Kier molecular flexibility index (Phi) is 17.4. The van der Waals surface area contributed by atoms with E-state index in [0.29, 0.717) is 16.7 Å². The Bertz CT molecular complexity index is 1340. The Morgan fingerprint density at radius 3 is 1.49 bits per heavy atom. The van der Waals surface area contributed by atoms with Gasteiger partial charge >= 0.3 is 11.9 Å². The van der Waals surface area contributed by atoms with E-state index in [1.165, 1.54) is 134 Å². The Balaban J connectivity index is 0.000000208. The maximum absolute atomic E-state index is 12.9. The number of halogens is 2. The highest BCUT2D eigenvalue weighted by Gasteiger charge is 2.35. The lowest BCUT2D eigenvalue weighted by Crippen LogP contribution is -2.30. The molecular weight excluding hydrogens is 687 g/mol. The van der Waals surface area contributed by atoms with Crippen LogP contribution in [0.5, 0.6) is 11.5 Å². The Morgan fingerprint density at radius 1 is 0.604 bits per heavy atom. The van der Waals surface area contributed by atoms with Gasteiger partial charge < -0.3 is 9.47 Å².